The number of aromatic nitrogens is 4. The Bertz CT molecular complexity index is 1210. The van der Waals surface area contributed by atoms with Crippen LogP contribution >= 0.6 is 0 Å². The van der Waals surface area contributed by atoms with Crippen molar-refractivity contribution in [3.63, 3.8) is 0 Å². The van der Waals surface area contributed by atoms with Crippen LogP contribution in [0.3, 0.4) is 0 Å². The minimum atomic E-state index is -1.25. The van der Waals surface area contributed by atoms with Gasteiger partial charge in [-0.3, -0.25) is 18.7 Å². The summed E-state index contributed by atoms with van der Waals surface area (Å²) in [6.07, 6.45) is 5.45. The number of likely N-dealkylation sites (tertiary alicyclic amines) is 1. The summed E-state index contributed by atoms with van der Waals surface area (Å²) in [5.41, 5.74) is 9.49. The Balaban J connectivity index is 1.55. The molecule has 2 fully saturated rings. The summed E-state index contributed by atoms with van der Waals surface area (Å²) in [6.45, 7) is 3.38. The van der Waals surface area contributed by atoms with E-state index < -0.39 is 34.5 Å². The Hall–Kier alpha value is -2.54. The van der Waals surface area contributed by atoms with Crippen LogP contribution in [0.2, 0.25) is 0 Å². The lowest BCUT2D eigenvalue weighted by Gasteiger charge is -2.51. The second kappa shape index (κ2) is 9.49. The monoisotopic (exact) mass is 491 g/mol. The van der Waals surface area contributed by atoms with Gasteiger partial charge in [-0.15, -0.1) is 0 Å². The van der Waals surface area contributed by atoms with Gasteiger partial charge in [-0.05, 0) is 39.2 Å². The third-order valence-electron chi connectivity index (χ3n) is 7.74. The number of aliphatic hydroxyl groups is 1. The van der Waals surface area contributed by atoms with E-state index in [2.05, 4.69) is 4.98 Å². The molecule has 2 aliphatic heterocycles. The molecule has 0 unspecified atom stereocenters. The first kappa shape index (κ1) is 25.5. The number of hydrogen-bond donors (Lipinski definition) is 3. The van der Waals surface area contributed by atoms with Gasteiger partial charge in [0.15, 0.2) is 11.2 Å². The lowest BCUT2D eigenvalue weighted by molar-refractivity contribution is -0.201. The molecule has 2 aromatic rings. The van der Waals surface area contributed by atoms with E-state index >= 15 is 0 Å². The van der Waals surface area contributed by atoms with Crippen molar-refractivity contribution in [1.29, 1.82) is 0 Å². The van der Waals surface area contributed by atoms with Gasteiger partial charge in [0.1, 0.15) is 5.60 Å². The van der Waals surface area contributed by atoms with Crippen LogP contribution in [0.1, 0.15) is 51.5 Å². The second-order valence-electron chi connectivity index (χ2n) is 10.3. The van der Waals surface area contributed by atoms with E-state index in [9.17, 15) is 19.5 Å². The zero-order chi connectivity index (χ0) is 25.5. The van der Waals surface area contributed by atoms with Gasteiger partial charge in [-0.2, -0.15) is 0 Å². The van der Waals surface area contributed by atoms with Gasteiger partial charge < -0.3 is 30.8 Å². The lowest BCUT2D eigenvalue weighted by atomic mass is 9.77. The fraction of sp³-hybridized carbons (Fsp3) is 0.739. The van der Waals surface area contributed by atoms with E-state index in [0.717, 1.165) is 17.4 Å². The average molecular weight is 492 g/mol. The van der Waals surface area contributed by atoms with Crippen LogP contribution in [0.25, 0.3) is 11.2 Å². The zero-order valence-electron chi connectivity index (χ0n) is 20.8. The number of fused-ring (bicyclic) bond motifs is 1. The summed E-state index contributed by atoms with van der Waals surface area (Å²) in [5, 5.41) is 11.2. The molecule has 5 N–H and O–H groups in total. The number of unbranched alkanes of at least 4 members (excludes halogenated alkanes) is 1. The van der Waals surface area contributed by atoms with Crippen molar-refractivity contribution >= 4 is 17.1 Å². The average Bonchev–Trinajstić information content (AvgIpc) is 3.28. The molecular formula is C23H37N7O5. The lowest BCUT2D eigenvalue weighted by Crippen LogP contribution is -2.58. The summed E-state index contributed by atoms with van der Waals surface area (Å²) in [5.74, 6) is -0.0544. The number of aryl methyl sites for hydroxylation is 1. The third kappa shape index (κ3) is 4.55. The van der Waals surface area contributed by atoms with Gasteiger partial charge in [0.25, 0.3) is 5.56 Å². The van der Waals surface area contributed by atoms with E-state index in [0.29, 0.717) is 45.3 Å². The van der Waals surface area contributed by atoms with Crippen molar-refractivity contribution in [2.24, 2.45) is 25.6 Å². The van der Waals surface area contributed by atoms with Gasteiger partial charge in [-0.25, -0.2) is 9.78 Å². The molecule has 0 saturated carbocycles. The molecule has 3 atom stereocenters. The summed E-state index contributed by atoms with van der Waals surface area (Å²) in [4.78, 5) is 44.2. The SMILES string of the molecule is Cn1c(=O)c2c(ncn2[C@H]2CC3(CCN(C(=O)[C@H](N)CCCCN)CC3)OC[C@]2(C)O)n(C)c1=O. The predicted molar refractivity (Wildman–Crippen MR) is 130 cm³/mol. The fourth-order valence-corrected chi connectivity index (χ4v) is 5.37. The van der Waals surface area contributed by atoms with Crippen LogP contribution in [-0.4, -0.2) is 78.1 Å². The van der Waals surface area contributed by atoms with Crippen LogP contribution in [-0.2, 0) is 23.6 Å². The van der Waals surface area contributed by atoms with Crippen LogP contribution in [0, 0.1) is 0 Å². The van der Waals surface area contributed by atoms with Crippen molar-refractivity contribution in [1.82, 2.24) is 23.6 Å². The first-order valence-corrected chi connectivity index (χ1v) is 12.2. The largest absolute Gasteiger partial charge is 0.386 e. The van der Waals surface area contributed by atoms with E-state index in [-0.39, 0.29) is 23.7 Å². The standard InChI is InChI=1S/C23H37N7O5/c1-22(34)13-35-23(7-10-29(11-8-23)19(31)15(25)6-4-5-9-24)12-16(22)30-14-26-18-17(30)20(32)28(3)21(33)27(18)2/h14-16,34H,4-13,24-25H2,1-3H3/t15-,16+,22+/m1/s1. The van der Waals surface area contributed by atoms with E-state index in [1.807, 2.05) is 0 Å². The molecule has 194 valence electrons. The summed E-state index contributed by atoms with van der Waals surface area (Å²) < 4.78 is 10.3. The van der Waals surface area contributed by atoms with Gasteiger partial charge in [0.2, 0.25) is 5.91 Å². The van der Waals surface area contributed by atoms with Crippen LogP contribution < -0.4 is 22.7 Å². The molecule has 0 aliphatic carbocycles. The number of ether oxygens (including phenoxy) is 1. The molecular weight excluding hydrogens is 454 g/mol. The molecule has 35 heavy (non-hydrogen) atoms. The highest BCUT2D eigenvalue weighted by Crippen LogP contribution is 2.44. The Morgan fingerprint density at radius 3 is 2.60 bits per heavy atom. The Morgan fingerprint density at radius 1 is 1.26 bits per heavy atom. The maximum atomic E-state index is 13.0. The molecule has 4 rings (SSSR count). The van der Waals surface area contributed by atoms with Gasteiger partial charge in [-0.1, -0.05) is 6.42 Å². The van der Waals surface area contributed by atoms with E-state index in [1.165, 1.54) is 17.9 Å². The minimum Gasteiger partial charge on any atom is -0.386 e. The predicted octanol–water partition coefficient (Wildman–Crippen LogP) is -1.04. The summed E-state index contributed by atoms with van der Waals surface area (Å²) >= 11 is 0. The molecule has 12 nitrogen and oxygen atoms in total. The number of carbonyl (C=O) groups excluding carboxylic acids is 1. The van der Waals surface area contributed by atoms with E-state index in [1.54, 1.807) is 23.4 Å². The topological polar surface area (TPSA) is 164 Å². The van der Waals surface area contributed by atoms with Crippen molar-refractivity contribution in [2.75, 3.05) is 26.2 Å². The van der Waals surface area contributed by atoms with Crippen molar-refractivity contribution in [3.8, 4) is 0 Å². The molecule has 4 heterocycles. The number of nitrogens with zero attached hydrogens (tertiary/aromatic N) is 5. The van der Waals surface area contributed by atoms with Crippen molar-refractivity contribution < 1.29 is 14.6 Å². The van der Waals surface area contributed by atoms with Crippen LogP contribution in [0.4, 0.5) is 0 Å². The normalized spacial score (nSPS) is 25.3. The van der Waals surface area contributed by atoms with Gasteiger partial charge in [0, 0.05) is 33.6 Å². The highest BCUT2D eigenvalue weighted by molar-refractivity contribution is 5.81. The molecule has 1 amide bonds. The Kier molecular flexibility index (Phi) is 6.93. The number of hydrogen-bond acceptors (Lipinski definition) is 8. The molecule has 2 saturated heterocycles. The smallest absolute Gasteiger partial charge is 0.332 e. The van der Waals surface area contributed by atoms with Gasteiger partial charge in [0.05, 0.1) is 30.6 Å². The van der Waals surface area contributed by atoms with Crippen molar-refractivity contribution in [3.05, 3.63) is 27.2 Å². The maximum Gasteiger partial charge on any atom is 0.332 e. The molecule has 0 aromatic carbocycles. The molecule has 0 bridgehead atoms. The number of nitrogens with two attached hydrogens (primary N) is 2. The number of rotatable bonds is 6. The molecule has 2 aliphatic rings. The zero-order valence-corrected chi connectivity index (χ0v) is 20.8. The number of carbonyl (C=O) groups is 1. The summed E-state index contributed by atoms with van der Waals surface area (Å²) in [7, 11) is 3.00. The molecule has 0 radical (unpaired) electrons. The van der Waals surface area contributed by atoms with Crippen LogP contribution in [0.15, 0.2) is 15.9 Å². The van der Waals surface area contributed by atoms with Crippen molar-refractivity contribution in [2.45, 2.75) is 68.7 Å². The first-order valence-electron chi connectivity index (χ1n) is 12.2. The Labute approximate surface area is 203 Å². The molecule has 2 aromatic heterocycles. The quantitative estimate of drug-likeness (QED) is 0.432. The maximum absolute atomic E-state index is 13.0. The summed E-state index contributed by atoms with van der Waals surface area (Å²) in [6, 6.07) is -1.02. The highest BCUT2D eigenvalue weighted by atomic mass is 16.5. The third-order valence-corrected chi connectivity index (χ3v) is 7.74. The molecule has 1 spiro atoms. The number of amides is 1. The fourth-order valence-electron chi connectivity index (χ4n) is 5.37. The Morgan fingerprint density at radius 2 is 1.94 bits per heavy atom. The first-order chi connectivity index (χ1) is 16.5. The number of imidazole rings is 1. The highest BCUT2D eigenvalue weighted by Gasteiger charge is 2.50. The minimum absolute atomic E-state index is 0.0544. The number of piperidine rings is 1. The van der Waals surface area contributed by atoms with Gasteiger partial charge >= 0.3 is 5.69 Å². The second-order valence-corrected chi connectivity index (χ2v) is 10.3. The molecule has 12 heteroatoms. The van der Waals surface area contributed by atoms with Crippen LogP contribution in [0.5, 0.6) is 0 Å². The van der Waals surface area contributed by atoms with E-state index in [4.69, 9.17) is 16.2 Å².